The second-order valence-corrected chi connectivity index (χ2v) is 11.2. The molecule has 7 nitrogen and oxygen atoms in total. The Bertz CT molecular complexity index is 1290. The highest BCUT2D eigenvalue weighted by atomic mass is 32.2. The Morgan fingerprint density at radius 3 is 2.76 bits per heavy atom. The summed E-state index contributed by atoms with van der Waals surface area (Å²) < 4.78 is 33.7. The third-order valence-electron chi connectivity index (χ3n) is 6.19. The number of sulfonamides is 1. The summed E-state index contributed by atoms with van der Waals surface area (Å²) in [5, 5.41) is 3.32. The van der Waals surface area contributed by atoms with Gasteiger partial charge in [0.15, 0.2) is 5.13 Å². The molecular formula is C24H25N3O4S2. The largest absolute Gasteiger partial charge is 0.487 e. The van der Waals surface area contributed by atoms with Crippen molar-refractivity contribution in [1.29, 1.82) is 0 Å². The highest BCUT2D eigenvalue weighted by molar-refractivity contribution is 7.89. The Kier molecular flexibility index (Phi) is 5.94. The van der Waals surface area contributed by atoms with Crippen LogP contribution < -0.4 is 10.1 Å². The van der Waals surface area contributed by atoms with Crippen LogP contribution in [0.25, 0.3) is 11.3 Å². The molecule has 1 N–H and O–H groups in total. The first kappa shape index (κ1) is 22.1. The molecule has 9 heteroatoms. The molecule has 0 radical (unpaired) electrons. The number of amides is 1. The molecule has 0 saturated carbocycles. The molecule has 5 rings (SSSR count). The van der Waals surface area contributed by atoms with Crippen molar-refractivity contribution in [1.82, 2.24) is 9.29 Å². The van der Waals surface area contributed by atoms with Gasteiger partial charge >= 0.3 is 0 Å². The topological polar surface area (TPSA) is 88.6 Å². The number of ether oxygens (including phenoxy) is 1. The molecule has 33 heavy (non-hydrogen) atoms. The molecule has 0 spiro atoms. The first-order valence-electron chi connectivity index (χ1n) is 11.1. The smallest absolute Gasteiger partial charge is 0.257 e. The van der Waals surface area contributed by atoms with Gasteiger partial charge in [0.2, 0.25) is 10.0 Å². The number of aromatic nitrogens is 1. The average Bonchev–Trinajstić information content (AvgIpc) is 3.27. The van der Waals surface area contributed by atoms with Crippen molar-refractivity contribution in [2.75, 3.05) is 11.9 Å². The van der Waals surface area contributed by atoms with Crippen molar-refractivity contribution in [2.45, 2.75) is 50.2 Å². The van der Waals surface area contributed by atoms with Gasteiger partial charge in [-0.1, -0.05) is 36.8 Å². The molecular weight excluding hydrogens is 458 g/mol. The highest BCUT2D eigenvalue weighted by Gasteiger charge is 2.32. The number of hydrogen-bond acceptors (Lipinski definition) is 6. The zero-order chi connectivity index (χ0) is 23.0. The molecule has 2 aliphatic rings. The van der Waals surface area contributed by atoms with Gasteiger partial charge < -0.3 is 4.74 Å². The van der Waals surface area contributed by atoms with E-state index in [9.17, 15) is 13.2 Å². The van der Waals surface area contributed by atoms with E-state index in [1.807, 2.05) is 31.2 Å². The number of hydrogen-bond donors (Lipinski definition) is 1. The van der Waals surface area contributed by atoms with Crippen molar-refractivity contribution in [2.24, 2.45) is 0 Å². The summed E-state index contributed by atoms with van der Waals surface area (Å²) in [5.41, 5.74) is 2.11. The fourth-order valence-corrected chi connectivity index (χ4v) is 7.08. The molecule has 1 amide bonds. The zero-order valence-electron chi connectivity index (χ0n) is 18.3. The molecule has 1 saturated heterocycles. The average molecular weight is 484 g/mol. The summed E-state index contributed by atoms with van der Waals surface area (Å²) in [6.45, 7) is 2.99. The summed E-state index contributed by atoms with van der Waals surface area (Å²) in [4.78, 5) is 18.6. The Labute approximate surface area is 197 Å². The number of fused-ring (bicyclic) bond motifs is 3. The third-order valence-corrected chi connectivity index (χ3v) is 9.10. The van der Waals surface area contributed by atoms with Crippen molar-refractivity contribution in [3.63, 3.8) is 0 Å². The number of rotatable bonds is 5. The van der Waals surface area contributed by atoms with Crippen LogP contribution in [0.4, 0.5) is 5.13 Å². The Morgan fingerprint density at radius 2 is 1.97 bits per heavy atom. The van der Waals surface area contributed by atoms with Crippen molar-refractivity contribution < 1.29 is 17.9 Å². The van der Waals surface area contributed by atoms with E-state index in [-0.39, 0.29) is 16.8 Å². The van der Waals surface area contributed by atoms with Crippen LogP contribution in [0.5, 0.6) is 5.75 Å². The lowest BCUT2D eigenvalue weighted by atomic mass is 10.0. The van der Waals surface area contributed by atoms with Gasteiger partial charge in [-0.2, -0.15) is 4.31 Å². The van der Waals surface area contributed by atoms with Crippen LogP contribution in [0.15, 0.2) is 53.4 Å². The van der Waals surface area contributed by atoms with Gasteiger partial charge in [-0.15, -0.1) is 0 Å². The maximum absolute atomic E-state index is 13.1. The molecule has 1 atom stereocenters. The summed E-state index contributed by atoms with van der Waals surface area (Å²) in [7, 11) is -3.58. The Balaban J connectivity index is 1.33. The second kappa shape index (κ2) is 8.89. The van der Waals surface area contributed by atoms with Crippen LogP contribution in [0.3, 0.4) is 0 Å². The lowest BCUT2D eigenvalue weighted by Gasteiger charge is -2.34. The monoisotopic (exact) mass is 483 g/mol. The number of anilines is 1. The van der Waals surface area contributed by atoms with E-state index >= 15 is 0 Å². The lowest BCUT2D eigenvalue weighted by molar-refractivity contribution is 0.102. The number of nitrogens with one attached hydrogen (secondary N) is 1. The van der Waals surface area contributed by atoms with E-state index in [4.69, 9.17) is 4.74 Å². The van der Waals surface area contributed by atoms with Gasteiger partial charge in [-0.25, -0.2) is 13.4 Å². The minimum atomic E-state index is -3.58. The molecule has 1 unspecified atom stereocenters. The van der Waals surface area contributed by atoms with Crippen LogP contribution in [0.1, 0.15) is 47.8 Å². The van der Waals surface area contributed by atoms with Crippen LogP contribution in [0, 0.1) is 0 Å². The quantitative estimate of drug-likeness (QED) is 0.557. The van der Waals surface area contributed by atoms with Crippen LogP contribution in [0.2, 0.25) is 0 Å². The number of thiazole rings is 1. The molecule has 2 aliphatic heterocycles. The predicted molar refractivity (Wildman–Crippen MR) is 128 cm³/mol. The van der Waals surface area contributed by atoms with Gasteiger partial charge in [0.1, 0.15) is 12.4 Å². The fourth-order valence-electron chi connectivity index (χ4n) is 4.43. The maximum atomic E-state index is 13.1. The van der Waals surface area contributed by atoms with Gasteiger partial charge in [0.05, 0.1) is 15.5 Å². The fraction of sp³-hybridized carbons (Fsp3) is 0.333. The van der Waals surface area contributed by atoms with Crippen LogP contribution >= 0.6 is 11.3 Å². The van der Waals surface area contributed by atoms with Gasteiger partial charge in [-0.3, -0.25) is 10.1 Å². The van der Waals surface area contributed by atoms with Gasteiger partial charge in [0, 0.05) is 23.7 Å². The SMILES string of the molecule is CCC1CCCCN1S(=O)(=O)c1ccc(C(=O)Nc2nc3c(s2)COc2ccccc2-3)cc1. The number of nitrogens with zero attached hydrogens (tertiary/aromatic N) is 2. The maximum Gasteiger partial charge on any atom is 0.257 e. The van der Waals surface area contributed by atoms with E-state index in [0.717, 1.165) is 47.6 Å². The summed E-state index contributed by atoms with van der Waals surface area (Å²) in [6, 6.07) is 13.9. The number of benzene rings is 2. The first-order valence-corrected chi connectivity index (χ1v) is 13.4. The second-order valence-electron chi connectivity index (χ2n) is 8.23. The first-order chi connectivity index (χ1) is 16.0. The third kappa shape index (κ3) is 4.16. The van der Waals surface area contributed by atoms with E-state index in [2.05, 4.69) is 10.3 Å². The summed E-state index contributed by atoms with van der Waals surface area (Å²) in [6.07, 6.45) is 3.63. The molecule has 3 aromatic rings. The van der Waals surface area contributed by atoms with E-state index in [1.54, 1.807) is 16.4 Å². The van der Waals surface area contributed by atoms with Crippen molar-refractivity contribution in [3.05, 3.63) is 59.0 Å². The van der Waals surface area contributed by atoms with Crippen LogP contribution in [-0.2, 0) is 16.6 Å². The van der Waals surface area contributed by atoms with Gasteiger partial charge in [0.25, 0.3) is 5.91 Å². The van der Waals surface area contributed by atoms with Crippen molar-refractivity contribution in [3.8, 4) is 17.0 Å². The molecule has 1 aromatic heterocycles. The molecule has 0 aliphatic carbocycles. The molecule has 172 valence electrons. The van der Waals surface area contributed by atoms with Gasteiger partial charge in [-0.05, 0) is 55.7 Å². The number of para-hydroxylation sites is 1. The molecule has 1 fully saturated rings. The molecule has 3 heterocycles. The lowest BCUT2D eigenvalue weighted by Crippen LogP contribution is -2.43. The highest BCUT2D eigenvalue weighted by Crippen LogP contribution is 2.40. The standard InChI is InChI=1S/C24H25N3O4S2/c1-2-17-7-5-6-14-27(17)33(29,30)18-12-10-16(11-13-18)23(28)26-24-25-22-19-8-3-4-9-20(19)31-15-21(22)32-24/h3-4,8-13,17H,2,5-7,14-15H2,1H3,(H,25,26,28). The Hall–Kier alpha value is -2.75. The predicted octanol–water partition coefficient (Wildman–Crippen LogP) is 4.91. The molecule has 2 aromatic carbocycles. The van der Waals surface area contributed by atoms with E-state index in [0.29, 0.717) is 23.8 Å². The summed E-state index contributed by atoms with van der Waals surface area (Å²) >= 11 is 1.38. The van der Waals surface area contributed by atoms with E-state index < -0.39 is 10.0 Å². The number of piperidine rings is 1. The Morgan fingerprint density at radius 1 is 1.18 bits per heavy atom. The minimum Gasteiger partial charge on any atom is -0.487 e. The molecule has 0 bridgehead atoms. The number of carbonyl (C=O) groups is 1. The van der Waals surface area contributed by atoms with Crippen LogP contribution in [-0.4, -0.2) is 36.2 Å². The van der Waals surface area contributed by atoms with E-state index in [1.165, 1.54) is 23.5 Å². The zero-order valence-corrected chi connectivity index (χ0v) is 19.9. The summed E-state index contributed by atoms with van der Waals surface area (Å²) in [5.74, 6) is 0.452. The normalized spacial score (nSPS) is 18.2. The van der Waals surface area contributed by atoms with Crippen molar-refractivity contribution >= 4 is 32.4 Å². The minimum absolute atomic E-state index is 0.0387. The number of carbonyl (C=O) groups excluding carboxylic acids is 1.